The minimum absolute atomic E-state index is 0.00148. The fraction of sp³-hybridized carbons (Fsp3) is 0.759. The van der Waals surface area contributed by atoms with Crippen LogP contribution in [0.3, 0.4) is 0 Å². The third-order valence-corrected chi connectivity index (χ3v) is 16.3. The van der Waals surface area contributed by atoms with Crippen LogP contribution in [0.4, 0.5) is 11.4 Å². The quantitative estimate of drug-likeness (QED) is 0.0235. The van der Waals surface area contributed by atoms with Gasteiger partial charge >= 0.3 is 10.1 Å². The molecule has 0 unspecified atom stereocenters. The van der Waals surface area contributed by atoms with Gasteiger partial charge in [0.25, 0.3) is 0 Å². The molecule has 35 nitrogen and oxygen atoms in total. The molecule has 0 saturated heterocycles. The van der Waals surface area contributed by atoms with E-state index in [1.165, 1.54) is 6.07 Å². The van der Waals surface area contributed by atoms with Gasteiger partial charge in [-0.2, -0.15) is 8.42 Å². The van der Waals surface area contributed by atoms with Crippen LogP contribution in [0, 0.1) is 5.92 Å². The maximum atomic E-state index is 12.9. The second-order valence-electron chi connectivity index (χ2n) is 24.1. The molecule has 0 saturated carbocycles. The molecule has 0 amide bonds. The number of hydrogen-bond acceptors (Lipinski definition) is 34. The van der Waals surface area contributed by atoms with E-state index >= 15 is 0 Å². The molecule has 0 heterocycles. The van der Waals surface area contributed by atoms with Crippen molar-refractivity contribution in [2.75, 3.05) is 406 Å². The van der Waals surface area contributed by atoms with Gasteiger partial charge in [-0.1, -0.05) is 0 Å². The van der Waals surface area contributed by atoms with Crippen LogP contribution in [0.25, 0.3) is 0 Å². The lowest BCUT2D eigenvalue weighted by molar-refractivity contribution is -0.0255. The summed E-state index contributed by atoms with van der Waals surface area (Å²) in [4.78, 5) is 1.93. The summed E-state index contributed by atoms with van der Waals surface area (Å²) in [5.41, 5.74) is 3.50. The Morgan fingerprint density at radius 3 is 0.678 bits per heavy atom. The number of nitrogens with zero attached hydrogens (tertiary/aromatic N) is 1. The fourth-order valence-corrected chi connectivity index (χ4v) is 10.4. The Kier molecular flexibility index (Phi) is 75.0. The van der Waals surface area contributed by atoms with Gasteiger partial charge in [0.05, 0.1) is 399 Å². The van der Waals surface area contributed by atoms with Gasteiger partial charge in [0.1, 0.15) is 4.90 Å². The van der Waals surface area contributed by atoms with Gasteiger partial charge in [-0.3, -0.25) is 4.55 Å². The zero-order valence-electron chi connectivity index (χ0n) is 67.8. The summed E-state index contributed by atoms with van der Waals surface area (Å²) in [6.07, 6.45) is 0. The predicted molar refractivity (Wildman–Crippen MR) is 424 cm³/mol. The van der Waals surface area contributed by atoms with Crippen molar-refractivity contribution in [3.8, 4) is 0 Å². The standard InChI is InChI=1S/C79H136N2O33S/c82-16-22-91-28-34-97-40-46-103-52-58-109-64-70-112-67-61-106-55-49-100-43-37-94-31-25-88-19-13-80-75-9-5-73(6-10-75)79(77-3-1-2-4-78(77)115(85,86)87)74-7-11-76(12-8-74)81(14-20-89-26-32-95-38-44-101-50-56-107-62-68-113-71-65-110-59-53-104-47-41-98-35-29-92-23-17-83)15-21-90-27-33-96-39-45-102-51-57-108-63-69-114-72-66-111-60-54-105-48-42-99-36-30-93-24-18-84/h1-12,80,82-84H,13-72H2/p+1. The molecule has 666 valence electrons. The van der Waals surface area contributed by atoms with E-state index in [1.54, 1.807) is 18.2 Å². The van der Waals surface area contributed by atoms with Crippen LogP contribution in [0.1, 0.15) is 16.7 Å². The van der Waals surface area contributed by atoms with Gasteiger partial charge in [0.15, 0.2) is 0 Å². The van der Waals surface area contributed by atoms with E-state index in [0.717, 1.165) is 22.5 Å². The van der Waals surface area contributed by atoms with Crippen LogP contribution < -0.4 is 10.2 Å². The van der Waals surface area contributed by atoms with Crippen LogP contribution in [-0.4, -0.2) is 425 Å². The molecule has 5 N–H and O–H groups in total. The van der Waals surface area contributed by atoms with Gasteiger partial charge in [-0.15, -0.1) is 0 Å². The van der Waals surface area contributed by atoms with Gasteiger partial charge in [-0.25, -0.2) is 0 Å². The Balaban J connectivity index is 1.37. The third-order valence-electron chi connectivity index (χ3n) is 15.4. The normalized spacial score (nSPS) is 11.8. The number of nitrogens with one attached hydrogen (secondary N) is 1. The molecule has 0 aromatic heterocycles. The summed E-state index contributed by atoms with van der Waals surface area (Å²) in [6.45, 7) is 24.7. The van der Waals surface area contributed by atoms with E-state index in [4.69, 9.17) is 143 Å². The largest absolute Gasteiger partial charge is 0.394 e. The SMILES string of the molecule is O=S(=O)(O)c1ccccc1[C+](c1ccc(NCCOCCOCCOCCOCCOCCOCCOCCOCCOCCO)cc1)c1ccc(N(CCOCCOCCOCCOCCOCCOCCOCCOCCOCCO)CCOCCOCCOCCOCCOCCOCCOCCOCCOCCO)cc1. The first-order chi connectivity index (χ1) is 56.9. The molecule has 3 aromatic carbocycles. The third kappa shape index (κ3) is 65.3. The topological polar surface area (TPSA) is 380 Å². The zero-order valence-corrected chi connectivity index (χ0v) is 68.7. The maximum Gasteiger partial charge on any atom is 0.315 e. The first kappa shape index (κ1) is 105. The van der Waals surface area contributed by atoms with Gasteiger partial charge in [-0.05, 0) is 72.8 Å². The van der Waals surface area contributed by atoms with Crippen molar-refractivity contribution in [3.63, 3.8) is 0 Å². The maximum absolute atomic E-state index is 12.9. The monoisotopic (exact) mass is 1670 g/mol. The molecule has 0 bridgehead atoms. The van der Waals surface area contributed by atoms with Crippen LogP contribution >= 0.6 is 0 Å². The fourth-order valence-electron chi connectivity index (χ4n) is 9.73. The van der Waals surface area contributed by atoms with E-state index in [0.29, 0.717) is 388 Å². The molecule has 115 heavy (non-hydrogen) atoms. The Labute approximate surface area is 681 Å². The molecule has 0 spiro atoms. The summed E-state index contributed by atoms with van der Waals surface area (Å²) in [5.74, 6) is 0.605. The molecule has 36 heteroatoms. The number of benzene rings is 3. The van der Waals surface area contributed by atoms with Crippen molar-refractivity contribution < 1.29 is 156 Å². The molecule has 3 rings (SSSR count). The smallest absolute Gasteiger partial charge is 0.315 e. The summed E-state index contributed by atoms with van der Waals surface area (Å²) in [5, 5.41) is 29.5. The molecule has 0 aliphatic heterocycles. The van der Waals surface area contributed by atoms with Crippen molar-refractivity contribution in [2.24, 2.45) is 0 Å². The zero-order chi connectivity index (χ0) is 81.8. The van der Waals surface area contributed by atoms with Crippen molar-refractivity contribution in [1.29, 1.82) is 0 Å². The van der Waals surface area contributed by atoms with E-state index in [-0.39, 0.29) is 24.7 Å². The molecule has 0 aliphatic rings. The van der Waals surface area contributed by atoms with E-state index in [1.807, 2.05) is 48.5 Å². The highest BCUT2D eigenvalue weighted by molar-refractivity contribution is 7.85. The number of ether oxygens (including phenoxy) is 27. The van der Waals surface area contributed by atoms with Crippen molar-refractivity contribution in [2.45, 2.75) is 4.90 Å². The van der Waals surface area contributed by atoms with Crippen LogP contribution in [-0.2, 0) is 138 Å². The summed E-state index contributed by atoms with van der Waals surface area (Å²) < 4.78 is 186. The highest BCUT2D eigenvalue weighted by atomic mass is 32.2. The first-order valence-electron chi connectivity index (χ1n) is 39.9. The number of aliphatic hydroxyl groups is 3. The van der Waals surface area contributed by atoms with Crippen molar-refractivity contribution >= 4 is 21.5 Å². The van der Waals surface area contributed by atoms with Crippen LogP contribution in [0.2, 0.25) is 0 Å². The Hall–Kier alpha value is -4.16. The molecule has 0 radical (unpaired) electrons. The van der Waals surface area contributed by atoms with Gasteiger partial charge < -0.3 is 153 Å². The summed E-state index contributed by atoms with van der Waals surface area (Å²) >= 11 is 0. The van der Waals surface area contributed by atoms with Crippen molar-refractivity contribution in [1.82, 2.24) is 0 Å². The molecular weight excluding hydrogens is 1540 g/mol. The second kappa shape index (κ2) is 82.2. The number of anilines is 2. The Morgan fingerprint density at radius 1 is 0.252 bits per heavy atom. The molecular formula is C79H137N2O33S+. The lowest BCUT2D eigenvalue weighted by atomic mass is 9.85. The minimum Gasteiger partial charge on any atom is -0.394 e. The highest BCUT2D eigenvalue weighted by Gasteiger charge is 2.30. The molecule has 0 aliphatic carbocycles. The molecule has 3 aromatic rings. The minimum atomic E-state index is -4.62. The number of aliphatic hydroxyl groups excluding tert-OH is 3. The highest BCUT2D eigenvalue weighted by Crippen LogP contribution is 2.36. The summed E-state index contributed by atoms with van der Waals surface area (Å²) in [7, 11) is -4.62. The van der Waals surface area contributed by atoms with Crippen LogP contribution in [0.15, 0.2) is 77.7 Å². The lowest BCUT2D eigenvalue weighted by Crippen LogP contribution is -2.31. The summed E-state index contributed by atoms with van der Waals surface area (Å²) in [6, 6.07) is 21.9. The molecule has 0 atom stereocenters. The lowest BCUT2D eigenvalue weighted by Gasteiger charge is -2.25. The average molecular weight is 1680 g/mol. The van der Waals surface area contributed by atoms with Crippen molar-refractivity contribution in [3.05, 3.63) is 95.4 Å². The first-order valence-corrected chi connectivity index (χ1v) is 41.4. The second-order valence-corrected chi connectivity index (χ2v) is 25.5. The van der Waals surface area contributed by atoms with Crippen LogP contribution in [0.5, 0.6) is 0 Å². The predicted octanol–water partition coefficient (Wildman–Crippen LogP) is 2.60. The molecule has 0 fully saturated rings. The van der Waals surface area contributed by atoms with E-state index in [2.05, 4.69) is 10.2 Å². The number of rotatable bonds is 93. The average Bonchev–Trinajstić information content (AvgIpc) is 0.781. The number of hydrogen-bond donors (Lipinski definition) is 5. The van der Waals surface area contributed by atoms with E-state index in [9.17, 15) is 13.0 Å². The Morgan fingerprint density at radius 2 is 0.452 bits per heavy atom. The van der Waals surface area contributed by atoms with Gasteiger partial charge in [0, 0.05) is 31.0 Å². The van der Waals surface area contributed by atoms with Gasteiger partial charge in [0.2, 0.25) is 0 Å². The Bertz CT molecular complexity index is 2550. The van der Waals surface area contributed by atoms with E-state index < -0.39 is 10.1 Å².